The first-order valence-corrected chi connectivity index (χ1v) is 3.88. The molecule has 0 aromatic carbocycles. The predicted octanol–water partition coefficient (Wildman–Crippen LogP) is 0.868. The molecule has 65 valence electrons. The van der Waals surface area contributed by atoms with E-state index in [-0.39, 0.29) is 0 Å². The number of hydrogen-bond acceptors (Lipinski definition) is 4. The third-order valence-electron chi connectivity index (χ3n) is 1.50. The smallest absolute Gasteiger partial charge is 0.188 e. The molecule has 0 bridgehead atoms. The number of nitrogens with zero attached hydrogens (tertiary/aromatic N) is 5. The Balaban J connectivity index is 2.42. The Morgan fingerprint density at radius 2 is 2.23 bits per heavy atom. The molecule has 1 radical (unpaired) electrons. The molecule has 0 fully saturated rings. The lowest BCUT2D eigenvalue weighted by Gasteiger charge is -1.93. The molecule has 1 aromatic heterocycles. The third kappa shape index (κ3) is 1.40. The summed E-state index contributed by atoms with van der Waals surface area (Å²) in [6, 6.07) is 0. The highest BCUT2D eigenvalue weighted by atomic mass is 15.4. The molecule has 0 unspecified atom stereocenters. The van der Waals surface area contributed by atoms with Crippen molar-refractivity contribution in [3.05, 3.63) is 18.1 Å². The van der Waals surface area contributed by atoms with Gasteiger partial charge < -0.3 is 0 Å². The van der Waals surface area contributed by atoms with E-state index in [4.69, 9.17) is 0 Å². The van der Waals surface area contributed by atoms with Crippen molar-refractivity contribution in [2.45, 2.75) is 13.8 Å². The Kier molecular flexibility index (Phi) is 1.77. The van der Waals surface area contributed by atoms with Crippen LogP contribution < -0.4 is 5.43 Å². The van der Waals surface area contributed by atoms with Gasteiger partial charge in [0, 0.05) is 11.9 Å². The van der Waals surface area contributed by atoms with Gasteiger partial charge in [-0.1, -0.05) is 0 Å². The lowest BCUT2D eigenvalue weighted by Crippen LogP contribution is -1.97. The molecule has 1 aliphatic heterocycles. The molecule has 0 N–H and O–H groups in total. The Bertz CT molecular complexity index is 389. The SMILES string of the molecule is CC(C)=NC1=N[N]c2ncncc21. The average Bonchev–Trinajstić information content (AvgIpc) is 2.48. The first-order valence-electron chi connectivity index (χ1n) is 3.88. The van der Waals surface area contributed by atoms with E-state index in [1.807, 2.05) is 13.8 Å². The van der Waals surface area contributed by atoms with Crippen LogP contribution in [0.5, 0.6) is 0 Å². The van der Waals surface area contributed by atoms with Gasteiger partial charge in [0.15, 0.2) is 11.7 Å². The van der Waals surface area contributed by atoms with Crippen LogP contribution in [0.1, 0.15) is 19.4 Å². The van der Waals surface area contributed by atoms with Gasteiger partial charge in [-0.05, 0) is 13.8 Å². The molecule has 1 aromatic rings. The first kappa shape index (κ1) is 7.85. The number of aromatic nitrogens is 2. The summed E-state index contributed by atoms with van der Waals surface area (Å²) in [5.41, 5.74) is 5.59. The van der Waals surface area contributed by atoms with E-state index in [9.17, 15) is 0 Å². The molecule has 13 heavy (non-hydrogen) atoms. The average molecular weight is 174 g/mol. The second kappa shape index (κ2) is 2.93. The largest absolute Gasteiger partial charge is 0.244 e. The Hall–Kier alpha value is -1.78. The van der Waals surface area contributed by atoms with Crippen molar-refractivity contribution in [3.8, 4) is 0 Å². The van der Waals surface area contributed by atoms with Gasteiger partial charge in [0.1, 0.15) is 6.33 Å². The van der Waals surface area contributed by atoms with Gasteiger partial charge in [-0.15, -0.1) is 10.5 Å². The topological polar surface area (TPSA) is 64.6 Å². The normalized spacial score (nSPS) is 12.9. The van der Waals surface area contributed by atoms with Crippen molar-refractivity contribution in [3.63, 3.8) is 0 Å². The third-order valence-corrected chi connectivity index (χ3v) is 1.50. The fraction of sp³-hybridized carbons (Fsp3) is 0.250. The zero-order chi connectivity index (χ0) is 9.26. The van der Waals surface area contributed by atoms with Crippen LogP contribution in [-0.2, 0) is 0 Å². The second-order valence-electron chi connectivity index (χ2n) is 2.84. The van der Waals surface area contributed by atoms with E-state index in [0.29, 0.717) is 11.7 Å². The molecule has 0 atom stereocenters. The van der Waals surface area contributed by atoms with Gasteiger partial charge in [-0.25, -0.2) is 15.0 Å². The van der Waals surface area contributed by atoms with E-state index in [0.717, 1.165) is 11.3 Å². The number of fused-ring (bicyclic) bond motifs is 1. The second-order valence-corrected chi connectivity index (χ2v) is 2.84. The summed E-state index contributed by atoms with van der Waals surface area (Å²) >= 11 is 0. The van der Waals surface area contributed by atoms with Crippen LogP contribution in [0.15, 0.2) is 22.6 Å². The first-order chi connectivity index (χ1) is 6.27. The molecule has 2 rings (SSSR count). The monoisotopic (exact) mass is 174 g/mol. The Morgan fingerprint density at radius 1 is 1.38 bits per heavy atom. The van der Waals surface area contributed by atoms with E-state index in [1.165, 1.54) is 6.33 Å². The minimum absolute atomic E-state index is 0.593. The van der Waals surface area contributed by atoms with Gasteiger partial charge in [-0.3, -0.25) is 0 Å². The number of hydrogen-bond donors (Lipinski definition) is 0. The van der Waals surface area contributed by atoms with Gasteiger partial charge >= 0.3 is 0 Å². The Morgan fingerprint density at radius 3 is 3.00 bits per heavy atom. The number of aliphatic imine (C=N–C) groups is 1. The van der Waals surface area contributed by atoms with Crippen LogP contribution in [0.4, 0.5) is 5.82 Å². The summed E-state index contributed by atoms with van der Waals surface area (Å²) in [7, 11) is 0. The summed E-state index contributed by atoms with van der Waals surface area (Å²) in [5, 5.41) is 3.90. The highest BCUT2D eigenvalue weighted by Gasteiger charge is 2.17. The zero-order valence-electron chi connectivity index (χ0n) is 7.39. The minimum atomic E-state index is 0.593. The molecule has 1 aliphatic rings. The van der Waals surface area contributed by atoms with Crippen molar-refractivity contribution in [2.24, 2.45) is 10.1 Å². The molecule has 0 amide bonds. The van der Waals surface area contributed by atoms with Crippen molar-refractivity contribution in [1.82, 2.24) is 15.4 Å². The van der Waals surface area contributed by atoms with Crippen molar-refractivity contribution < 1.29 is 0 Å². The van der Waals surface area contributed by atoms with Crippen molar-refractivity contribution >= 4 is 17.4 Å². The quantitative estimate of drug-likeness (QED) is 0.548. The van der Waals surface area contributed by atoms with Crippen LogP contribution in [0.25, 0.3) is 0 Å². The van der Waals surface area contributed by atoms with Crippen LogP contribution in [0.3, 0.4) is 0 Å². The van der Waals surface area contributed by atoms with Gasteiger partial charge in [0.25, 0.3) is 0 Å². The number of rotatable bonds is 0. The number of amidine groups is 1. The fourth-order valence-corrected chi connectivity index (χ4v) is 1.00. The van der Waals surface area contributed by atoms with Crippen LogP contribution in [0, 0.1) is 0 Å². The Labute approximate surface area is 75.6 Å². The molecule has 0 spiro atoms. The summed E-state index contributed by atoms with van der Waals surface area (Å²) in [5.74, 6) is 1.19. The maximum Gasteiger partial charge on any atom is 0.188 e. The fourth-order valence-electron chi connectivity index (χ4n) is 1.00. The van der Waals surface area contributed by atoms with Crippen LogP contribution in [0.2, 0.25) is 0 Å². The summed E-state index contributed by atoms with van der Waals surface area (Å²) < 4.78 is 0. The minimum Gasteiger partial charge on any atom is -0.244 e. The van der Waals surface area contributed by atoms with E-state index in [1.54, 1.807) is 6.20 Å². The maximum atomic E-state index is 4.21. The molecule has 0 aliphatic carbocycles. The summed E-state index contributed by atoms with van der Waals surface area (Å²) in [6.45, 7) is 3.81. The molecular weight excluding hydrogens is 166 g/mol. The lowest BCUT2D eigenvalue weighted by atomic mass is 10.3. The maximum absolute atomic E-state index is 4.21. The van der Waals surface area contributed by atoms with Crippen LogP contribution in [-0.4, -0.2) is 21.5 Å². The predicted molar refractivity (Wildman–Crippen MR) is 49.1 cm³/mol. The molecule has 5 nitrogen and oxygen atoms in total. The van der Waals surface area contributed by atoms with Crippen molar-refractivity contribution in [1.29, 1.82) is 0 Å². The standard InChI is InChI=1S/C8H8N5/c1-5(2)11-8-6-3-9-4-10-7(6)12-13-8/h3-4H,1-2H3. The van der Waals surface area contributed by atoms with Crippen LogP contribution >= 0.6 is 0 Å². The van der Waals surface area contributed by atoms with Gasteiger partial charge in [0.05, 0.1) is 5.56 Å². The van der Waals surface area contributed by atoms with Crippen molar-refractivity contribution in [2.75, 3.05) is 0 Å². The molecule has 0 saturated heterocycles. The van der Waals surface area contributed by atoms with E-state index >= 15 is 0 Å². The van der Waals surface area contributed by atoms with Gasteiger partial charge in [0.2, 0.25) is 0 Å². The molecular formula is C8H8N5. The molecule has 2 heterocycles. The summed E-state index contributed by atoms with van der Waals surface area (Å²) in [4.78, 5) is 12.1. The highest BCUT2D eigenvalue weighted by Crippen LogP contribution is 2.18. The van der Waals surface area contributed by atoms with E-state index < -0.39 is 0 Å². The zero-order valence-corrected chi connectivity index (χ0v) is 7.39. The molecule has 0 saturated carbocycles. The van der Waals surface area contributed by atoms with Gasteiger partial charge in [-0.2, -0.15) is 0 Å². The lowest BCUT2D eigenvalue weighted by molar-refractivity contribution is 0.935. The van der Waals surface area contributed by atoms with E-state index in [2.05, 4.69) is 25.5 Å². The molecule has 5 heteroatoms. The highest BCUT2D eigenvalue weighted by molar-refractivity contribution is 6.09. The summed E-state index contributed by atoms with van der Waals surface area (Å²) in [6.07, 6.45) is 3.12.